The fourth-order valence-electron chi connectivity index (χ4n) is 1.27. The maximum Gasteiger partial charge on any atom is 0.175 e. The van der Waals surface area contributed by atoms with Crippen molar-refractivity contribution in [2.75, 3.05) is 6.61 Å². The second-order valence-electron chi connectivity index (χ2n) is 3.43. The first-order chi connectivity index (χ1) is 8.24. The fourth-order valence-corrected chi connectivity index (χ4v) is 2.02. The third-order valence-electron chi connectivity index (χ3n) is 2.07. The molecule has 0 unspecified atom stereocenters. The fraction of sp³-hybridized carbons (Fsp3) is 0.167. The van der Waals surface area contributed by atoms with Gasteiger partial charge < -0.3 is 4.74 Å². The van der Waals surface area contributed by atoms with Gasteiger partial charge in [-0.2, -0.15) is 0 Å². The molecule has 0 aliphatic carbocycles. The zero-order chi connectivity index (χ0) is 12.1. The van der Waals surface area contributed by atoms with Crippen LogP contribution in [-0.2, 0) is 11.2 Å². The summed E-state index contributed by atoms with van der Waals surface area (Å²) in [6, 6.07) is 6.93. The highest BCUT2D eigenvalue weighted by molar-refractivity contribution is 7.09. The number of ether oxygens (including phenoxy) is 1. The number of halogens is 1. The maximum absolute atomic E-state index is 11.6. The van der Waals surface area contributed by atoms with E-state index in [1.165, 1.54) is 11.3 Å². The quantitative estimate of drug-likeness (QED) is 0.836. The van der Waals surface area contributed by atoms with Gasteiger partial charge in [0.15, 0.2) is 5.78 Å². The van der Waals surface area contributed by atoms with Gasteiger partial charge in [-0.1, -0.05) is 11.6 Å². The third kappa shape index (κ3) is 3.84. The van der Waals surface area contributed by atoms with Crippen LogP contribution in [0.2, 0.25) is 5.02 Å². The van der Waals surface area contributed by atoms with Gasteiger partial charge in [-0.3, -0.25) is 9.78 Å². The van der Waals surface area contributed by atoms with Crippen molar-refractivity contribution in [1.29, 1.82) is 0 Å². The predicted octanol–water partition coefficient (Wildman–Crippen LogP) is 2.99. The number of aromatic nitrogens is 1. The highest BCUT2D eigenvalue weighted by atomic mass is 35.5. The molecule has 0 bridgehead atoms. The molecule has 0 aliphatic heterocycles. The topological polar surface area (TPSA) is 39.2 Å². The van der Waals surface area contributed by atoms with Crippen LogP contribution >= 0.6 is 22.9 Å². The van der Waals surface area contributed by atoms with E-state index in [-0.39, 0.29) is 12.4 Å². The number of Topliss-reactive ketones (excluding diaryl/α,β-unsaturated/α-hetero) is 1. The summed E-state index contributed by atoms with van der Waals surface area (Å²) in [5, 5.41) is 0.647. The minimum absolute atomic E-state index is 0.0317. The second kappa shape index (κ2) is 5.80. The second-order valence-corrected chi connectivity index (χ2v) is 4.83. The van der Waals surface area contributed by atoms with Crippen molar-refractivity contribution in [2.45, 2.75) is 6.42 Å². The van der Waals surface area contributed by atoms with Gasteiger partial charge in [0.2, 0.25) is 0 Å². The van der Waals surface area contributed by atoms with E-state index in [4.69, 9.17) is 16.3 Å². The van der Waals surface area contributed by atoms with Crippen LogP contribution in [0.4, 0.5) is 0 Å². The summed E-state index contributed by atoms with van der Waals surface area (Å²) in [6.45, 7) is 0.0690. The minimum atomic E-state index is 0.0317. The normalized spacial score (nSPS) is 10.2. The molecule has 0 aliphatic rings. The number of thiazole rings is 1. The number of rotatable bonds is 5. The van der Waals surface area contributed by atoms with E-state index in [0.29, 0.717) is 17.2 Å². The molecular weight excluding hydrogens is 258 g/mol. The maximum atomic E-state index is 11.6. The highest BCUT2D eigenvalue weighted by Gasteiger charge is 2.06. The number of carbonyl (C=O) groups is 1. The van der Waals surface area contributed by atoms with E-state index in [2.05, 4.69) is 4.98 Å². The summed E-state index contributed by atoms with van der Waals surface area (Å²) in [7, 11) is 0. The molecule has 1 aromatic carbocycles. The van der Waals surface area contributed by atoms with Crippen LogP contribution in [0, 0.1) is 0 Å². The summed E-state index contributed by atoms with van der Waals surface area (Å²) < 4.78 is 5.35. The molecule has 3 nitrogen and oxygen atoms in total. The number of carbonyl (C=O) groups excluding carboxylic acids is 1. The first kappa shape index (κ1) is 12.1. The van der Waals surface area contributed by atoms with Crippen molar-refractivity contribution in [1.82, 2.24) is 4.98 Å². The molecular formula is C12H10ClNO2S. The van der Waals surface area contributed by atoms with Gasteiger partial charge in [-0.25, -0.2) is 0 Å². The molecule has 0 amide bonds. The Morgan fingerprint density at radius 3 is 2.76 bits per heavy atom. The molecule has 0 spiro atoms. The van der Waals surface area contributed by atoms with Gasteiger partial charge in [0.1, 0.15) is 12.4 Å². The SMILES string of the molecule is O=C(COc1ccc(Cl)cc1)Cc1cncs1. The number of hydrogen-bond donors (Lipinski definition) is 0. The van der Waals surface area contributed by atoms with Crippen molar-refractivity contribution in [3.05, 3.63) is 45.9 Å². The van der Waals surface area contributed by atoms with Gasteiger partial charge in [-0.15, -0.1) is 11.3 Å². The number of hydrogen-bond acceptors (Lipinski definition) is 4. The average Bonchev–Trinajstić information content (AvgIpc) is 2.81. The molecule has 0 N–H and O–H groups in total. The third-order valence-corrected chi connectivity index (χ3v) is 3.10. The lowest BCUT2D eigenvalue weighted by molar-refractivity contribution is -0.120. The Morgan fingerprint density at radius 1 is 1.35 bits per heavy atom. The van der Waals surface area contributed by atoms with Crippen LogP contribution in [-0.4, -0.2) is 17.4 Å². The molecule has 0 saturated heterocycles. The lowest BCUT2D eigenvalue weighted by atomic mass is 10.3. The summed E-state index contributed by atoms with van der Waals surface area (Å²) in [5.74, 6) is 0.677. The van der Waals surface area contributed by atoms with E-state index in [1.807, 2.05) is 0 Å². The first-order valence-corrected chi connectivity index (χ1v) is 6.27. The Kier molecular flexibility index (Phi) is 4.12. The zero-order valence-corrected chi connectivity index (χ0v) is 10.5. The zero-order valence-electron chi connectivity index (χ0n) is 8.93. The number of nitrogens with zero attached hydrogens (tertiary/aromatic N) is 1. The van der Waals surface area contributed by atoms with Gasteiger partial charge in [-0.05, 0) is 24.3 Å². The monoisotopic (exact) mass is 267 g/mol. The Balaban J connectivity index is 1.82. The number of benzene rings is 1. The van der Waals surface area contributed by atoms with Gasteiger partial charge >= 0.3 is 0 Å². The Labute approximate surface area is 108 Å². The molecule has 88 valence electrons. The van der Waals surface area contributed by atoms with Crippen LogP contribution in [0.15, 0.2) is 36.0 Å². The minimum Gasteiger partial charge on any atom is -0.486 e. The number of ketones is 1. The van der Waals surface area contributed by atoms with Crippen LogP contribution < -0.4 is 4.74 Å². The molecule has 1 heterocycles. The van der Waals surface area contributed by atoms with E-state index in [0.717, 1.165) is 4.88 Å². The Bertz CT molecular complexity index is 482. The molecule has 0 atom stereocenters. The lowest BCUT2D eigenvalue weighted by Crippen LogP contribution is -2.13. The van der Waals surface area contributed by atoms with Crippen molar-refractivity contribution >= 4 is 28.7 Å². The van der Waals surface area contributed by atoms with Crippen LogP contribution in [0.25, 0.3) is 0 Å². The van der Waals surface area contributed by atoms with Gasteiger partial charge in [0.05, 0.1) is 5.51 Å². The molecule has 17 heavy (non-hydrogen) atoms. The molecule has 0 saturated carbocycles. The van der Waals surface area contributed by atoms with Crippen LogP contribution in [0.3, 0.4) is 0 Å². The molecule has 1 aromatic heterocycles. The van der Waals surface area contributed by atoms with Crippen molar-refractivity contribution in [3.8, 4) is 5.75 Å². The Morgan fingerprint density at radius 2 is 2.12 bits per heavy atom. The van der Waals surface area contributed by atoms with Crippen molar-refractivity contribution in [2.24, 2.45) is 0 Å². The van der Waals surface area contributed by atoms with Crippen molar-refractivity contribution in [3.63, 3.8) is 0 Å². The standard InChI is InChI=1S/C12H10ClNO2S/c13-9-1-3-11(4-2-9)16-7-10(15)5-12-6-14-8-17-12/h1-4,6,8H,5,7H2. The largest absolute Gasteiger partial charge is 0.486 e. The summed E-state index contributed by atoms with van der Waals surface area (Å²) in [6.07, 6.45) is 2.07. The lowest BCUT2D eigenvalue weighted by Gasteiger charge is -2.04. The van der Waals surface area contributed by atoms with Gasteiger partial charge in [0.25, 0.3) is 0 Å². The van der Waals surface area contributed by atoms with Gasteiger partial charge in [0, 0.05) is 22.5 Å². The summed E-state index contributed by atoms with van der Waals surface area (Å²) >= 11 is 7.21. The molecule has 2 aromatic rings. The highest BCUT2D eigenvalue weighted by Crippen LogP contribution is 2.15. The molecule has 0 fully saturated rings. The smallest absolute Gasteiger partial charge is 0.175 e. The van der Waals surface area contributed by atoms with Crippen LogP contribution in [0.1, 0.15) is 4.88 Å². The van der Waals surface area contributed by atoms with E-state index >= 15 is 0 Å². The summed E-state index contributed by atoms with van der Waals surface area (Å²) in [4.78, 5) is 16.4. The Hall–Kier alpha value is -1.39. The average molecular weight is 268 g/mol. The van der Waals surface area contributed by atoms with E-state index < -0.39 is 0 Å². The molecule has 2 rings (SSSR count). The van der Waals surface area contributed by atoms with E-state index in [9.17, 15) is 4.79 Å². The molecule has 0 radical (unpaired) electrons. The van der Waals surface area contributed by atoms with Crippen molar-refractivity contribution < 1.29 is 9.53 Å². The first-order valence-electron chi connectivity index (χ1n) is 5.01. The van der Waals surface area contributed by atoms with E-state index in [1.54, 1.807) is 36.0 Å². The summed E-state index contributed by atoms with van der Waals surface area (Å²) in [5.41, 5.74) is 1.71. The predicted molar refractivity (Wildman–Crippen MR) is 67.8 cm³/mol. The van der Waals surface area contributed by atoms with Crippen LogP contribution in [0.5, 0.6) is 5.75 Å². The molecule has 5 heteroatoms.